The number of guanidine groups is 2. The molecule has 0 unspecified atom stereocenters. The minimum atomic E-state index is 0.802. The molecule has 102 valence electrons. The molecule has 6 heteroatoms. The lowest BCUT2D eigenvalue weighted by molar-refractivity contribution is 0.509. The van der Waals surface area contributed by atoms with E-state index < -0.39 is 0 Å². The van der Waals surface area contributed by atoms with E-state index in [4.69, 9.17) is 0 Å². The van der Waals surface area contributed by atoms with Crippen LogP contribution in [0.5, 0.6) is 0 Å². The average molecular weight is 252 g/mol. The summed E-state index contributed by atoms with van der Waals surface area (Å²) in [5.41, 5.74) is 0. The molecule has 0 atom stereocenters. The van der Waals surface area contributed by atoms with Gasteiger partial charge in [-0.25, -0.2) is 0 Å². The van der Waals surface area contributed by atoms with Gasteiger partial charge in [0.25, 0.3) is 0 Å². The minimum absolute atomic E-state index is 0.802. The zero-order chi connectivity index (χ0) is 14.3. The molecule has 0 heterocycles. The van der Waals surface area contributed by atoms with E-state index in [0.717, 1.165) is 11.9 Å². The maximum atomic E-state index is 4.17. The van der Waals surface area contributed by atoms with Gasteiger partial charge in [-0.05, 0) is 0 Å². The van der Waals surface area contributed by atoms with E-state index in [9.17, 15) is 0 Å². The van der Waals surface area contributed by atoms with Crippen molar-refractivity contribution in [1.29, 1.82) is 0 Å². The molecule has 0 spiro atoms. The number of aliphatic imine (C=N–C) groups is 2. The fraction of sp³-hybridized carbons (Fsp3) is 0.667. The Labute approximate surface area is 111 Å². The van der Waals surface area contributed by atoms with Crippen LogP contribution in [0.15, 0.2) is 9.98 Å². The molecular formula is C12H24N6. The molecule has 0 aliphatic rings. The summed E-state index contributed by atoms with van der Waals surface area (Å²) >= 11 is 0. The van der Waals surface area contributed by atoms with Crippen LogP contribution in [0.2, 0.25) is 0 Å². The topological polar surface area (TPSA) is 37.7 Å². The Balaban J connectivity index is 4.87. The van der Waals surface area contributed by atoms with Crippen molar-refractivity contribution in [2.24, 2.45) is 9.98 Å². The Morgan fingerprint density at radius 3 is 1.11 bits per heavy atom. The van der Waals surface area contributed by atoms with E-state index in [1.54, 1.807) is 23.9 Å². The normalized spacial score (nSPS) is 11.6. The Bertz CT molecular complexity index is 338. The molecule has 0 aromatic carbocycles. The highest BCUT2D eigenvalue weighted by Gasteiger charge is 2.07. The molecule has 0 N–H and O–H groups in total. The summed E-state index contributed by atoms with van der Waals surface area (Å²) in [4.78, 5) is 15.7. The molecule has 0 bridgehead atoms. The first-order valence-corrected chi connectivity index (χ1v) is 5.62. The summed E-state index contributed by atoms with van der Waals surface area (Å²) in [7, 11) is 15.0. The second-order valence-corrected chi connectivity index (χ2v) is 4.18. The predicted molar refractivity (Wildman–Crippen MR) is 77.4 cm³/mol. The number of hydrogen-bond acceptors (Lipinski definition) is 2. The molecule has 0 aromatic heterocycles. The van der Waals surface area contributed by atoms with Gasteiger partial charge in [-0.2, -0.15) is 0 Å². The molecule has 6 nitrogen and oxygen atoms in total. The summed E-state index contributed by atoms with van der Waals surface area (Å²) in [5.74, 6) is 1.60. The van der Waals surface area contributed by atoms with E-state index in [0.29, 0.717) is 0 Å². The van der Waals surface area contributed by atoms with Crippen LogP contribution in [0.3, 0.4) is 0 Å². The monoisotopic (exact) mass is 252 g/mol. The molecule has 0 saturated carbocycles. The lowest BCUT2D eigenvalue weighted by atomic mass is 10.6. The molecule has 0 fully saturated rings. The van der Waals surface area contributed by atoms with Gasteiger partial charge in [-0.1, -0.05) is 0 Å². The first kappa shape index (κ1) is 16.1. The van der Waals surface area contributed by atoms with Gasteiger partial charge in [-0.15, -0.1) is 0 Å². The van der Waals surface area contributed by atoms with Gasteiger partial charge >= 0.3 is 0 Å². The van der Waals surface area contributed by atoms with Crippen LogP contribution in [-0.2, 0) is 0 Å². The third kappa shape index (κ3) is 4.53. The van der Waals surface area contributed by atoms with E-state index in [1.165, 1.54) is 0 Å². The summed E-state index contributed by atoms with van der Waals surface area (Å²) in [6.07, 6.45) is 0. The maximum absolute atomic E-state index is 4.17. The third-order valence-corrected chi connectivity index (χ3v) is 2.19. The molecule has 0 radical (unpaired) electrons. The minimum Gasteiger partial charge on any atom is -0.348 e. The van der Waals surface area contributed by atoms with Crippen molar-refractivity contribution in [1.82, 2.24) is 19.6 Å². The lowest BCUT2D eigenvalue weighted by Gasteiger charge is -2.23. The highest BCUT2D eigenvalue weighted by Crippen LogP contribution is 1.92. The summed E-state index contributed by atoms with van der Waals surface area (Å²) in [6, 6.07) is 6.03. The van der Waals surface area contributed by atoms with E-state index in [2.05, 4.69) is 22.1 Å². The third-order valence-electron chi connectivity index (χ3n) is 2.19. The molecule has 18 heavy (non-hydrogen) atoms. The van der Waals surface area contributed by atoms with Gasteiger partial charge in [0.1, 0.15) is 0 Å². The Morgan fingerprint density at radius 1 is 0.667 bits per heavy atom. The smallest absolute Gasteiger partial charge is 0.207 e. The van der Waals surface area contributed by atoms with Crippen LogP contribution in [0.25, 0.3) is 0 Å². The SMILES string of the molecule is CN=C(N(C)C)N(C)C#CN(C)C(=NC)N(C)C. The molecule has 0 amide bonds. The zero-order valence-electron chi connectivity index (χ0n) is 12.7. The lowest BCUT2D eigenvalue weighted by Crippen LogP contribution is -2.37. The molecule has 0 aliphatic carbocycles. The van der Waals surface area contributed by atoms with Crippen molar-refractivity contribution in [3.05, 3.63) is 0 Å². The Hall–Kier alpha value is -1.90. The zero-order valence-corrected chi connectivity index (χ0v) is 12.7. The standard InChI is InChI=1S/C12H24N6/c1-13-11(15(3)4)17(7)9-10-18(8)12(14-2)16(5)6/h1-8H3. The second kappa shape index (κ2) is 7.43. The van der Waals surface area contributed by atoms with Crippen molar-refractivity contribution in [3.63, 3.8) is 0 Å². The second-order valence-electron chi connectivity index (χ2n) is 4.18. The first-order valence-electron chi connectivity index (χ1n) is 5.62. The molecule has 0 rings (SSSR count). The van der Waals surface area contributed by atoms with Crippen LogP contribution >= 0.6 is 0 Å². The first-order chi connectivity index (χ1) is 8.34. The molecule has 0 saturated heterocycles. The van der Waals surface area contributed by atoms with E-state index in [1.807, 2.05) is 52.1 Å². The number of rotatable bonds is 0. The largest absolute Gasteiger partial charge is 0.348 e. The Kier molecular flexibility index (Phi) is 6.65. The van der Waals surface area contributed by atoms with Gasteiger partial charge in [0.05, 0.1) is 0 Å². The van der Waals surface area contributed by atoms with Gasteiger partial charge < -0.3 is 9.80 Å². The van der Waals surface area contributed by atoms with Crippen molar-refractivity contribution in [2.45, 2.75) is 0 Å². The van der Waals surface area contributed by atoms with Crippen molar-refractivity contribution in [2.75, 3.05) is 56.4 Å². The maximum Gasteiger partial charge on any atom is 0.207 e. The van der Waals surface area contributed by atoms with Crippen LogP contribution in [-0.4, -0.2) is 87.9 Å². The van der Waals surface area contributed by atoms with Crippen molar-refractivity contribution in [3.8, 4) is 12.1 Å². The summed E-state index contributed by atoms with van der Waals surface area (Å²) in [5, 5.41) is 0. The Morgan fingerprint density at radius 2 is 0.944 bits per heavy atom. The summed E-state index contributed by atoms with van der Waals surface area (Å²) < 4.78 is 0. The van der Waals surface area contributed by atoms with Crippen LogP contribution < -0.4 is 0 Å². The predicted octanol–water partition coefficient (Wildman–Crippen LogP) is -0.137. The van der Waals surface area contributed by atoms with Crippen LogP contribution in [0.4, 0.5) is 0 Å². The van der Waals surface area contributed by atoms with Gasteiger partial charge in [-0.3, -0.25) is 19.8 Å². The summed E-state index contributed by atoms with van der Waals surface area (Å²) in [6.45, 7) is 0. The van der Waals surface area contributed by atoms with E-state index in [-0.39, 0.29) is 0 Å². The molecular weight excluding hydrogens is 228 g/mol. The van der Waals surface area contributed by atoms with Crippen LogP contribution in [0.1, 0.15) is 0 Å². The number of hydrogen-bond donors (Lipinski definition) is 0. The average Bonchev–Trinajstić information content (AvgIpc) is 2.27. The van der Waals surface area contributed by atoms with Gasteiger partial charge in [0.15, 0.2) is 0 Å². The van der Waals surface area contributed by atoms with Crippen LogP contribution in [0, 0.1) is 12.1 Å². The molecule has 0 aliphatic heterocycles. The van der Waals surface area contributed by atoms with Crippen molar-refractivity contribution >= 4 is 11.9 Å². The molecule has 0 aromatic rings. The van der Waals surface area contributed by atoms with Gasteiger partial charge in [0, 0.05) is 68.5 Å². The fourth-order valence-electron chi connectivity index (χ4n) is 1.55. The van der Waals surface area contributed by atoms with Crippen molar-refractivity contribution < 1.29 is 0 Å². The van der Waals surface area contributed by atoms with E-state index >= 15 is 0 Å². The quantitative estimate of drug-likeness (QED) is 0.260. The fourth-order valence-corrected chi connectivity index (χ4v) is 1.55. The highest BCUT2D eigenvalue weighted by atomic mass is 15.4. The highest BCUT2D eigenvalue weighted by molar-refractivity contribution is 5.82. The number of nitrogens with zero attached hydrogens (tertiary/aromatic N) is 6. The van der Waals surface area contributed by atoms with Gasteiger partial charge in [0.2, 0.25) is 11.9 Å².